The summed E-state index contributed by atoms with van der Waals surface area (Å²) in [5.41, 5.74) is 1.70. The second-order valence-corrected chi connectivity index (χ2v) is 7.68. The second kappa shape index (κ2) is 9.59. The molecule has 0 bridgehead atoms. The highest BCUT2D eigenvalue weighted by atomic mass is 16.7. The molecule has 1 saturated carbocycles. The first-order valence-corrected chi connectivity index (χ1v) is 10.5. The van der Waals surface area contributed by atoms with E-state index < -0.39 is 5.97 Å². The molecule has 0 radical (unpaired) electrons. The fourth-order valence-corrected chi connectivity index (χ4v) is 3.78. The molecule has 2 aromatic carbocycles. The smallest absolute Gasteiger partial charge is 0.337 e. The molecule has 8 heteroatoms. The Kier molecular flexibility index (Phi) is 6.45. The number of anilines is 1. The minimum atomic E-state index is -0.470. The molecule has 0 amide bonds. The summed E-state index contributed by atoms with van der Waals surface area (Å²) in [4.78, 5) is 16.6. The topological polar surface area (TPSA) is 101 Å². The summed E-state index contributed by atoms with van der Waals surface area (Å²) in [7, 11) is 1.32. The maximum Gasteiger partial charge on any atom is 0.337 e. The minimum Gasteiger partial charge on any atom is -0.506 e. The first kappa shape index (κ1) is 20.8. The quantitative estimate of drug-likeness (QED) is 0.290. The largest absolute Gasteiger partial charge is 0.506 e. The van der Waals surface area contributed by atoms with Gasteiger partial charge in [-0.3, -0.25) is 0 Å². The van der Waals surface area contributed by atoms with Crippen LogP contribution in [0.15, 0.2) is 41.4 Å². The number of ether oxygens (including phenoxy) is 3. The fraction of sp³-hybridized carbons (Fsp3) is 0.391. The summed E-state index contributed by atoms with van der Waals surface area (Å²) in [5.74, 6) is 1.54. The Balaban J connectivity index is 1.55. The first-order chi connectivity index (χ1) is 15.1. The molecular weight excluding hydrogens is 398 g/mol. The van der Waals surface area contributed by atoms with Crippen molar-refractivity contribution >= 4 is 17.6 Å². The van der Waals surface area contributed by atoms with Crippen LogP contribution in [0.5, 0.6) is 17.2 Å². The maximum atomic E-state index is 11.9. The second-order valence-electron chi connectivity index (χ2n) is 7.68. The number of carbonyl (C=O) groups is 1. The lowest BCUT2D eigenvalue weighted by molar-refractivity contribution is 0.0600. The van der Waals surface area contributed by atoms with E-state index >= 15 is 0 Å². The number of phenols is 1. The van der Waals surface area contributed by atoms with Gasteiger partial charge in [0, 0.05) is 6.04 Å². The Hall–Kier alpha value is -3.42. The fourth-order valence-electron chi connectivity index (χ4n) is 3.78. The summed E-state index contributed by atoms with van der Waals surface area (Å²) in [6.45, 7) is 0.643. The molecule has 0 saturated heterocycles. The SMILES string of the molecule is COC(=O)c1ccc(O)c(NC(=NCc2ccc3c(c2)OCO3)NC2CCCCC2)c1. The molecule has 3 N–H and O–H groups in total. The van der Waals surface area contributed by atoms with Crippen molar-refractivity contribution in [1.82, 2.24) is 5.32 Å². The van der Waals surface area contributed by atoms with Crippen molar-refractivity contribution in [3.8, 4) is 17.2 Å². The van der Waals surface area contributed by atoms with E-state index in [2.05, 4.69) is 10.6 Å². The third-order valence-electron chi connectivity index (χ3n) is 5.47. The van der Waals surface area contributed by atoms with E-state index in [-0.39, 0.29) is 12.5 Å². The van der Waals surface area contributed by atoms with Crippen LogP contribution in [0.3, 0.4) is 0 Å². The number of guanidine groups is 1. The molecule has 164 valence electrons. The van der Waals surface area contributed by atoms with Gasteiger partial charge >= 0.3 is 5.97 Å². The van der Waals surface area contributed by atoms with Crippen LogP contribution in [0, 0.1) is 0 Å². The van der Waals surface area contributed by atoms with Gasteiger partial charge in [-0.05, 0) is 48.7 Å². The predicted molar refractivity (Wildman–Crippen MR) is 117 cm³/mol. The standard InChI is InChI=1S/C23H27N3O5/c1-29-22(28)16-8-9-19(27)18(12-16)26-23(25-17-5-3-2-4-6-17)24-13-15-7-10-20-21(11-15)31-14-30-20/h7-12,17,27H,2-6,13-14H2,1H3,(H2,24,25,26). The predicted octanol–water partition coefficient (Wildman–Crippen LogP) is 3.80. The van der Waals surface area contributed by atoms with Crippen LogP contribution in [0.1, 0.15) is 48.0 Å². The number of benzene rings is 2. The van der Waals surface area contributed by atoms with Crippen LogP contribution in [0.4, 0.5) is 5.69 Å². The number of rotatable bonds is 5. The van der Waals surface area contributed by atoms with Crippen LogP contribution >= 0.6 is 0 Å². The van der Waals surface area contributed by atoms with Crippen molar-refractivity contribution in [2.24, 2.45) is 4.99 Å². The summed E-state index contributed by atoms with van der Waals surface area (Å²) >= 11 is 0. The van der Waals surface area contributed by atoms with Gasteiger partial charge in [-0.25, -0.2) is 9.79 Å². The molecule has 1 fully saturated rings. The summed E-state index contributed by atoms with van der Waals surface area (Å²) in [6.07, 6.45) is 5.74. The lowest BCUT2D eigenvalue weighted by Crippen LogP contribution is -2.40. The molecule has 4 rings (SSSR count). The van der Waals surface area contributed by atoms with Gasteiger partial charge in [-0.2, -0.15) is 0 Å². The maximum absolute atomic E-state index is 11.9. The third kappa shape index (κ3) is 5.20. The molecule has 2 aromatic rings. The Morgan fingerprint density at radius 3 is 2.74 bits per heavy atom. The van der Waals surface area contributed by atoms with Gasteiger partial charge in [0.2, 0.25) is 6.79 Å². The number of carbonyl (C=O) groups excluding carboxylic acids is 1. The molecular formula is C23H27N3O5. The molecule has 1 aliphatic heterocycles. The Morgan fingerprint density at radius 2 is 1.94 bits per heavy atom. The van der Waals surface area contributed by atoms with Crippen LogP contribution < -0.4 is 20.1 Å². The van der Waals surface area contributed by atoms with E-state index in [9.17, 15) is 9.90 Å². The Bertz CT molecular complexity index is 970. The van der Waals surface area contributed by atoms with E-state index in [1.807, 2.05) is 18.2 Å². The molecule has 1 aliphatic carbocycles. The molecule has 31 heavy (non-hydrogen) atoms. The highest BCUT2D eigenvalue weighted by Gasteiger charge is 2.17. The average molecular weight is 425 g/mol. The number of hydrogen-bond donors (Lipinski definition) is 3. The van der Waals surface area contributed by atoms with Gasteiger partial charge in [0.25, 0.3) is 0 Å². The van der Waals surface area contributed by atoms with Crippen molar-refractivity contribution in [2.75, 3.05) is 19.2 Å². The van der Waals surface area contributed by atoms with Crippen molar-refractivity contribution < 1.29 is 24.1 Å². The van der Waals surface area contributed by atoms with Crippen molar-refractivity contribution in [2.45, 2.75) is 44.7 Å². The van der Waals surface area contributed by atoms with Crippen LogP contribution in [0.2, 0.25) is 0 Å². The Labute approximate surface area is 181 Å². The highest BCUT2D eigenvalue weighted by molar-refractivity contribution is 5.97. The number of fused-ring (bicyclic) bond motifs is 1. The van der Waals surface area contributed by atoms with E-state index in [0.717, 1.165) is 24.2 Å². The molecule has 0 aromatic heterocycles. The number of aromatic hydroxyl groups is 1. The number of hydrogen-bond acceptors (Lipinski definition) is 6. The molecule has 0 spiro atoms. The normalized spacial score (nSPS) is 16.1. The van der Waals surface area contributed by atoms with Crippen molar-refractivity contribution in [3.63, 3.8) is 0 Å². The van der Waals surface area contributed by atoms with Gasteiger partial charge in [0.05, 0.1) is 24.9 Å². The molecule has 0 atom stereocenters. The highest BCUT2D eigenvalue weighted by Crippen LogP contribution is 2.32. The first-order valence-electron chi connectivity index (χ1n) is 10.5. The zero-order valence-electron chi connectivity index (χ0n) is 17.5. The van der Waals surface area contributed by atoms with Gasteiger partial charge in [-0.15, -0.1) is 0 Å². The molecule has 2 aliphatic rings. The summed E-state index contributed by atoms with van der Waals surface area (Å²) in [6, 6.07) is 10.6. The minimum absolute atomic E-state index is 0.0221. The van der Waals surface area contributed by atoms with Crippen molar-refractivity contribution in [1.29, 1.82) is 0 Å². The summed E-state index contributed by atoms with van der Waals surface area (Å²) < 4.78 is 15.6. The lowest BCUT2D eigenvalue weighted by Gasteiger charge is -2.25. The van der Waals surface area contributed by atoms with E-state index in [1.165, 1.54) is 38.5 Å². The van der Waals surface area contributed by atoms with E-state index in [0.29, 0.717) is 35.5 Å². The van der Waals surface area contributed by atoms with E-state index in [1.54, 1.807) is 6.07 Å². The number of aliphatic imine (C=N–C) groups is 1. The van der Waals surface area contributed by atoms with E-state index in [4.69, 9.17) is 19.2 Å². The van der Waals surface area contributed by atoms with Gasteiger partial charge in [0.1, 0.15) is 5.75 Å². The zero-order chi connectivity index (χ0) is 21.6. The van der Waals surface area contributed by atoms with Crippen LogP contribution in [-0.2, 0) is 11.3 Å². The van der Waals surface area contributed by atoms with Gasteiger partial charge in [0.15, 0.2) is 17.5 Å². The number of nitrogens with one attached hydrogen (secondary N) is 2. The summed E-state index contributed by atoms with van der Waals surface area (Å²) in [5, 5.41) is 16.9. The monoisotopic (exact) mass is 425 g/mol. The van der Waals surface area contributed by atoms with Crippen molar-refractivity contribution in [3.05, 3.63) is 47.5 Å². The molecule has 8 nitrogen and oxygen atoms in total. The third-order valence-corrected chi connectivity index (χ3v) is 5.47. The molecule has 1 heterocycles. The van der Waals surface area contributed by atoms with Crippen LogP contribution in [0.25, 0.3) is 0 Å². The average Bonchev–Trinajstić information content (AvgIpc) is 3.27. The number of methoxy groups -OCH3 is 1. The number of esters is 1. The van der Waals surface area contributed by atoms with Crippen LogP contribution in [-0.4, -0.2) is 37.0 Å². The number of phenolic OH excluding ortho intramolecular Hbond substituents is 1. The number of nitrogens with zero attached hydrogens (tertiary/aromatic N) is 1. The van der Waals surface area contributed by atoms with Gasteiger partial charge < -0.3 is 30.0 Å². The lowest BCUT2D eigenvalue weighted by atomic mass is 9.96. The van der Waals surface area contributed by atoms with Gasteiger partial charge in [-0.1, -0.05) is 25.3 Å². The Morgan fingerprint density at radius 1 is 1.13 bits per heavy atom. The molecule has 0 unspecified atom stereocenters. The zero-order valence-corrected chi connectivity index (χ0v) is 17.5.